The Morgan fingerprint density at radius 2 is 1.33 bits per heavy atom. The summed E-state index contributed by atoms with van der Waals surface area (Å²) in [5, 5.41) is 2.64. The molecule has 0 radical (unpaired) electrons. The first-order chi connectivity index (χ1) is 14.5. The molecule has 0 aliphatic heterocycles. The zero-order valence-corrected chi connectivity index (χ0v) is 17.4. The van der Waals surface area contributed by atoms with Gasteiger partial charge in [-0.05, 0) is 41.4 Å². The molecule has 0 fully saturated rings. The fourth-order valence-electron chi connectivity index (χ4n) is 3.16. The van der Waals surface area contributed by atoms with Crippen LogP contribution in [-0.4, -0.2) is 16.9 Å². The van der Waals surface area contributed by atoms with Crippen LogP contribution >= 0.6 is 12.2 Å². The van der Waals surface area contributed by atoms with Crippen molar-refractivity contribution >= 4 is 29.1 Å². The molecule has 5 nitrogen and oxygen atoms in total. The lowest BCUT2D eigenvalue weighted by Crippen LogP contribution is -2.50. The fourth-order valence-corrected chi connectivity index (χ4v) is 3.33. The predicted octanol–water partition coefficient (Wildman–Crippen LogP) is 3.39. The summed E-state index contributed by atoms with van der Waals surface area (Å²) in [6, 6.07) is 26.6. The number of rotatable bonds is 5. The van der Waals surface area contributed by atoms with E-state index in [1.807, 2.05) is 91.9 Å². The average Bonchev–Trinajstić information content (AvgIpc) is 2.75. The van der Waals surface area contributed by atoms with Gasteiger partial charge in [-0.3, -0.25) is 20.4 Å². The molecule has 0 heterocycles. The maximum atomic E-state index is 12.9. The van der Waals surface area contributed by atoms with E-state index in [1.165, 1.54) is 0 Å². The molecule has 3 rings (SSSR count). The lowest BCUT2D eigenvalue weighted by molar-refractivity contribution is -0.122. The van der Waals surface area contributed by atoms with Crippen molar-refractivity contribution in [3.63, 3.8) is 0 Å². The van der Waals surface area contributed by atoms with Gasteiger partial charge in [0.25, 0.3) is 0 Å². The zero-order valence-electron chi connectivity index (χ0n) is 16.6. The Labute approximate surface area is 181 Å². The van der Waals surface area contributed by atoms with Crippen molar-refractivity contribution in [1.29, 1.82) is 0 Å². The van der Waals surface area contributed by atoms with Gasteiger partial charge in [0.05, 0.1) is 12.3 Å². The molecule has 0 atom stereocenters. The summed E-state index contributed by atoms with van der Waals surface area (Å²) in [5.74, 6) is -1.04. The number of carbonyl (C=O) groups is 2. The number of carbonyl (C=O) groups excluding carboxylic acids is 2. The maximum Gasteiger partial charge on any atom is 0.250 e. The van der Waals surface area contributed by atoms with Gasteiger partial charge in [0.1, 0.15) is 0 Å². The second-order valence-electron chi connectivity index (χ2n) is 6.85. The van der Waals surface area contributed by atoms with Crippen molar-refractivity contribution in [3.05, 3.63) is 107 Å². The monoisotopic (exact) mass is 417 g/mol. The van der Waals surface area contributed by atoms with Crippen LogP contribution in [0.15, 0.2) is 84.9 Å². The van der Waals surface area contributed by atoms with Gasteiger partial charge < -0.3 is 5.32 Å². The Kier molecular flexibility index (Phi) is 7.29. The Balaban J connectivity index is 1.60. The van der Waals surface area contributed by atoms with Crippen molar-refractivity contribution in [2.24, 2.45) is 0 Å². The normalized spacial score (nSPS) is 10.3. The van der Waals surface area contributed by atoms with E-state index in [1.54, 1.807) is 0 Å². The van der Waals surface area contributed by atoms with Crippen LogP contribution in [-0.2, 0) is 16.0 Å². The van der Waals surface area contributed by atoms with E-state index in [-0.39, 0.29) is 23.3 Å². The Bertz CT molecular complexity index is 983. The van der Waals surface area contributed by atoms with Gasteiger partial charge in [-0.15, -0.1) is 0 Å². The minimum absolute atomic E-state index is 0.0433. The quantitative estimate of drug-likeness (QED) is 0.440. The first-order valence-corrected chi connectivity index (χ1v) is 9.99. The van der Waals surface area contributed by atoms with Crippen LogP contribution < -0.4 is 16.2 Å². The lowest BCUT2D eigenvalue weighted by atomic mass is 9.91. The van der Waals surface area contributed by atoms with E-state index in [0.717, 1.165) is 22.3 Å². The van der Waals surface area contributed by atoms with Crippen LogP contribution in [0.4, 0.5) is 0 Å². The number of aryl methyl sites for hydroxylation is 1. The van der Waals surface area contributed by atoms with E-state index >= 15 is 0 Å². The van der Waals surface area contributed by atoms with Gasteiger partial charge >= 0.3 is 0 Å². The van der Waals surface area contributed by atoms with Crippen LogP contribution in [0.5, 0.6) is 0 Å². The molecule has 3 aromatic rings. The van der Waals surface area contributed by atoms with Gasteiger partial charge in [0.2, 0.25) is 11.8 Å². The van der Waals surface area contributed by atoms with E-state index in [4.69, 9.17) is 12.2 Å². The molecule has 6 heteroatoms. The number of hydrazine groups is 1. The molecule has 0 aromatic heterocycles. The summed E-state index contributed by atoms with van der Waals surface area (Å²) in [4.78, 5) is 25.2. The van der Waals surface area contributed by atoms with Gasteiger partial charge in [0.15, 0.2) is 5.11 Å². The molecule has 0 unspecified atom stereocenters. The minimum atomic E-state index is -0.509. The Hall–Kier alpha value is -3.51. The maximum absolute atomic E-state index is 12.9. The highest BCUT2D eigenvalue weighted by molar-refractivity contribution is 7.80. The number of hydrogen-bond acceptors (Lipinski definition) is 3. The molecular weight excluding hydrogens is 394 g/mol. The average molecular weight is 418 g/mol. The number of thiocarbonyl (C=S) groups is 1. The molecule has 152 valence electrons. The van der Waals surface area contributed by atoms with Gasteiger partial charge in [-0.1, -0.05) is 84.9 Å². The third kappa shape index (κ3) is 5.75. The zero-order chi connectivity index (χ0) is 21.3. The minimum Gasteiger partial charge on any atom is -0.302 e. The molecule has 2 amide bonds. The fraction of sp³-hybridized carbons (Fsp3) is 0.125. The third-order valence-electron chi connectivity index (χ3n) is 4.69. The summed E-state index contributed by atoms with van der Waals surface area (Å²) in [5.41, 5.74) is 8.93. The first-order valence-electron chi connectivity index (χ1n) is 9.58. The van der Waals surface area contributed by atoms with Gasteiger partial charge in [0, 0.05) is 0 Å². The number of nitrogens with one attached hydrogen (secondary N) is 3. The molecule has 0 bridgehead atoms. The summed E-state index contributed by atoms with van der Waals surface area (Å²) in [6.07, 6.45) is 0.207. The van der Waals surface area contributed by atoms with E-state index in [0.29, 0.717) is 0 Å². The molecule has 30 heavy (non-hydrogen) atoms. The van der Waals surface area contributed by atoms with E-state index in [9.17, 15) is 9.59 Å². The van der Waals surface area contributed by atoms with Gasteiger partial charge in [-0.25, -0.2) is 0 Å². The SMILES string of the molecule is Cc1ccccc1CC(=O)NC(=S)NNC(=O)C(c1ccccc1)c1ccccc1. The Morgan fingerprint density at radius 3 is 1.90 bits per heavy atom. The molecule has 0 saturated carbocycles. The number of benzene rings is 3. The highest BCUT2D eigenvalue weighted by atomic mass is 32.1. The van der Waals surface area contributed by atoms with E-state index < -0.39 is 5.92 Å². The molecule has 3 aromatic carbocycles. The molecule has 0 spiro atoms. The largest absolute Gasteiger partial charge is 0.302 e. The third-order valence-corrected chi connectivity index (χ3v) is 4.90. The lowest BCUT2D eigenvalue weighted by Gasteiger charge is -2.19. The van der Waals surface area contributed by atoms with E-state index in [2.05, 4.69) is 16.2 Å². The van der Waals surface area contributed by atoms with Crippen molar-refractivity contribution in [2.45, 2.75) is 19.3 Å². The number of amides is 2. The summed E-state index contributed by atoms with van der Waals surface area (Å²) in [6.45, 7) is 1.95. The van der Waals surface area contributed by atoms with Crippen LogP contribution in [0.3, 0.4) is 0 Å². The first kappa shape index (κ1) is 21.2. The topological polar surface area (TPSA) is 70.2 Å². The summed E-state index contributed by atoms with van der Waals surface area (Å²) < 4.78 is 0. The van der Waals surface area contributed by atoms with Crippen LogP contribution in [0, 0.1) is 6.92 Å². The molecule has 0 aliphatic rings. The van der Waals surface area contributed by atoms with Crippen molar-refractivity contribution in [1.82, 2.24) is 16.2 Å². The number of hydrogen-bond donors (Lipinski definition) is 3. The van der Waals surface area contributed by atoms with Crippen molar-refractivity contribution in [2.75, 3.05) is 0 Å². The van der Waals surface area contributed by atoms with Crippen LogP contribution in [0.25, 0.3) is 0 Å². The van der Waals surface area contributed by atoms with Crippen LogP contribution in [0.2, 0.25) is 0 Å². The summed E-state index contributed by atoms with van der Waals surface area (Å²) in [7, 11) is 0. The standard InChI is InChI=1S/C24H23N3O2S/c1-17-10-8-9-15-20(17)16-21(28)25-24(30)27-26-23(29)22(18-11-4-2-5-12-18)19-13-6-3-7-14-19/h2-15,22H,16H2,1H3,(H,26,29)(H2,25,27,28,30). The van der Waals surface area contributed by atoms with Gasteiger partial charge in [-0.2, -0.15) is 0 Å². The highest BCUT2D eigenvalue weighted by Gasteiger charge is 2.22. The molecular formula is C24H23N3O2S. The molecule has 3 N–H and O–H groups in total. The second-order valence-corrected chi connectivity index (χ2v) is 7.26. The summed E-state index contributed by atoms with van der Waals surface area (Å²) >= 11 is 5.16. The highest BCUT2D eigenvalue weighted by Crippen LogP contribution is 2.24. The van der Waals surface area contributed by atoms with Crippen LogP contribution in [0.1, 0.15) is 28.2 Å². The second kappa shape index (κ2) is 10.3. The predicted molar refractivity (Wildman–Crippen MR) is 122 cm³/mol. The van der Waals surface area contributed by atoms with Crippen molar-refractivity contribution in [3.8, 4) is 0 Å². The molecule has 0 saturated heterocycles. The molecule has 0 aliphatic carbocycles. The van der Waals surface area contributed by atoms with Crippen molar-refractivity contribution < 1.29 is 9.59 Å². The Morgan fingerprint density at radius 1 is 0.800 bits per heavy atom. The smallest absolute Gasteiger partial charge is 0.250 e.